The Bertz CT molecular complexity index is 846. The zero-order valence-corrected chi connectivity index (χ0v) is 17.1. The smallest absolute Gasteiger partial charge is 0.254 e. The number of hydrogen-bond donors (Lipinski definition) is 1. The van der Waals surface area contributed by atoms with Crippen molar-refractivity contribution in [3.63, 3.8) is 0 Å². The molecule has 1 aromatic carbocycles. The van der Waals surface area contributed by atoms with Gasteiger partial charge in [0.2, 0.25) is 5.91 Å². The van der Waals surface area contributed by atoms with Crippen LogP contribution in [-0.4, -0.2) is 48.1 Å². The molecule has 28 heavy (non-hydrogen) atoms. The van der Waals surface area contributed by atoms with Gasteiger partial charge in [-0.3, -0.25) is 9.59 Å². The third kappa shape index (κ3) is 2.62. The van der Waals surface area contributed by atoms with E-state index < -0.39 is 0 Å². The van der Waals surface area contributed by atoms with Gasteiger partial charge in [-0.2, -0.15) is 0 Å². The predicted molar refractivity (Wildman–Crippen MR) is 106 cm³/mol. The van der Waals surface area contributed by atoms with E-state index >= 15 is 0 Å². The number of nitrogens with zero attached hydrogens (tertiary/aromatic N) is 1. The molecular weight excluding hydrogens is 352 g/mol. The van der Waals surface area contributed by atoms with Crippen LogP contribution in [0.2, 0.25) is 0 Å². The number of ether oxygens (including phenoxy) is 1. The van der Waals surface area contributed by atoms with Gasteiger partial charge in [-0.05, 0) is 56.7 Å². The first-order valence-corrected chi connectivity index (χ1v) is 10.6. The average molecular weight is 383 g/mol. The molecule has 2 amide bonds. The summed E-state index contributed by atoms with van der Waals surface area (Å²) in [4.78, 5) is 27.6. The first-order valence-electron chi connectivity index (χ1n) is 10.6. The SMILES string of the molecule is Cc1cccc(C(=O)N2C[C@@H]3[C@H](CNC(=O)C4(C)CC4)[C@H]4CC[C@]3(C2)O4)c1C. The van der Waals surface area contributed by atoms with Crippen molar-refractivity contribution in [2.45, 2.75) is 58.2 Å². The first-order chi connectivity index (χ1) is 13.3. The van der Waals surface area contributed by atoms with E-state index in [0.29, 0.717) is 24.9 Å². The van der Waals surface area contributed by atoms with E-state index in [0.717, 1.165) is 48.9 Å². The van der Waals surface area contributed by atoms with Crippen LogP contribution in [0, 0.1) is 31.1 Å². The number of rotatable bonds is 4. The van der Waals surface area contributed by atoms with E-state index in [1.807, 2.05) is 43.9 Å². The quantitative estimate of drug-likeness (QED) is 0.871. The molecular formula is C23H30N2O3. The lowest BCUT2D eigenvalue weighted by Gasteiger charge is -2.29. The highest BCUT2D eigenvalue weighted by Crippen LogP contribution is 2.55. The van der Waals surface area contributed by atoms with Crippen LogP contribution >= 0.6 is 0 Å². The summed E-state index contributed by atoms with van der Waals surface area (Å²) < 4.78 is 6.46. The number of nitrogens with one attached hydrogen (secondary N) is 1. The molecule has 4 fully saturated rings. The van der Waals surface area contributed by atoms with Crippen LogP contribution in [0.1, 0.15) is 54.1 Å². The molecule has 3 saturated heterocycles. The minimum atomic E-state index is -0.197. The molecule has 1 spiro atoms. The van der Waals surface area contributed by atoms with E-state index in [1.54, 1.807) is 0 Å². The van der Waals surface area contributed by atoms with Gasteiger partial charge in [0.1, 0.15) is 0 Å². The Morgan fingerprint density at radius 3 is 2.79 bits per heavy atom. The highest BCUT2D eigenvalue weighted by Gasteiger charge is 2.63. The van der Waals surface area contributed by atoms with Crippen LogP contribution in [-0.2, 0) is 9.53 Å². The fraction of sp³-hybridized carbons (Fsp3) is 0.652. The highest BCUT2D eigenvalue weighted by atomic mass is 16.5. The number of carbonyl (C=O) groups excluding carboxylic acids is 2. The van der Waals surface area contributed by atoms with Crippen molar-refractivity contribution in [1.82, 2.24) is 10.2 Å². The van der Waals surface area contributed by atoms with Crippen molar-refractivity contribution >= 4 is 11.8 Å². The lowest BCUT2D eigenvalue weighted by molar-refractivity contribution is -0.126. The average Bonchev–Trinajstić information content (AvgIpc) is 3.04. The molecule has 1 aromatic rings. The second kappa shape index (κ2) is 6.06. The summed E-state index contributed by atoms with van der Waals surface area (Å²) >= 11 is 0. The van der Waals surface area contributed by atoms with E-state index in [4.69, 9.17) is 4.74 Å². The molecule has 5 heteroatoms. The summed E-state index contributed by atoms with van der Waals surface area (Å²) in [7, 11) is 0. The van der Waals surface area contributed by atoms with Gasteiger partial charge in [0.05, 0.1) is 18.2 Å². The highest BCUT2D eigenvalue weighted by molar-refractivity contribution is 5.96. The monoisotopic (exact) mass is 382 g/mol. The van der Waals surface area contributed by atoms with Crippen LogP contribution < -0.4 is 5.32 Å². The largest absolute Gasteiger partial charge is 0.369 e. The Balaban J connectivity index is 1.31. The zero-order chi connectivity index (χ0) is 19.7. The molecule has 5 nitrogen and oxygen atoms in total. The van der Waals surface area contributed by atoms with Gasteiger partial charge in [0.25, 0.3) is 5.91 Å². The second-order valence-electron chi connectivity index (χ2n) is 9.73. The maximum atomic E-state index is 13.2. The molecule has 5 rings (SSSR count). The van der Waals surface area contributed by atoms with Crippen molar-refractivity contribution in [1.29, 1.82) is 0 Å². The van der Waals surface area contributed by atoms with E-state index in [2.05, 4.69) is 5.32 Å². The molecule has 3 aliphatic heterocycles. The molecule has 0 aromatic heterocycles. The Morgan fingerprint density at radius 2 is 2.04 bits per heavy atom. The molecule has 1 saturated carbocycles. The van der Waals surface area contributed by atoms with Gasteiger partial charge in [-0.25, -0.2) is 0 Å². The second-order valence-corrected chi connectivity index (χ2v) is 9.73. The van der Waals surface area contributed by atoms with Crippen LogP contribution in [0.3, 0.4) is 0 Å². The molecule has 3 heterocycles. The van der Waals surface area contributed by atoms with Crippen LogP contribution in [0.4, 0.5) is 0 Å². The molecule has 4 atom stereocenters. The predicted octanol–water partition coefficient (Wildman–Crippen LogP) is 2.84. The Morgan fingerprint density at radius 1 is 1.25 bits per heavy atom. The maximum absolute atomic E-state index is 13.2. The first kappa shape index (κ1) is 18.2. The van der Waals surface area contributed by atoms with Gasteiger partial charge in [-0.1, -0.05) is 19.1 Å². The maximum Gasteiger partial charge on any atom is 0.254 e. The summed E-state index contributed by atoms with van der Waals surface area (Å²) in [5.41, 5.74) is 2.67. The van der Waals surface area contributed by atoms with Crippen LogP contribution in [0.5, 0.6) is 0 Å². The Labute approximate surface area is 166 Å². The van der Waals surface area contributed by atoms with Crippen molar-refractivity contribution in [2.24, 2.45) is 17.3 Å². The number of carbonyl (C=O) groups is 2. The topological polar surface area (TPSA) is 58.6 Å². The van der Waals surface area contributed by atoms with Crippen molar-refractivity contribution in [3.8, 4) is 0 Å². The van der Waals surface area contributed by atoms with Gasteiger partial charge >= 0.3 is 0 Å². The fourth-order valence-corrected chi connectivity index (χ4v) is 5.61. The molecule has 4 aliphatic rings. The molecule has 1 N–H and O–H groups in total. The molecule has 2 bridgehead atoms. The Kier molecular flexibility index (Phi) is 3.93. The zero-order valence-electron chi connectivity index (χ0n) is 17.1. The Hall–Kier alpha value is -1.88. The van der Waals surface area contributed by atoms with Gasteiger partial charge in [-0.15, -0.1) is 0 Å². The molecule has 150 valence electrons. The minimum Gasteiger partial charge on any atom is -0.369 e. The van der Waals surface area contributed by atoms with Gasteiger partial charge in [0, 0.05) is 35.9 Å². The third-order valence-electron chi connectivity index (χ3n) is 7.95. The normalized spacial score (nSPS) is 34.4. The molecule has 1 aliphatic carbocycles. The van der Waals surface area contributed by atoms with E-state index in [-0.39, 0.29) is 28.9 Å². The number of aryl methyl sites for hydroxylation is 1. The van der Waals surface area contributed by atoms with Gasteiger partial charge in [0.15, 0.2) is 0 Å². The third-order valence-corrected chi connectivity index (χ3v) is 7.95. The summed E-state index contributed by atoms with van der Waals surface area (Å²) in [6, 6.07) is 5.94. The summed E-state index contributed by atoms with van der Waals surface area (Å²) in [5.74, 6) is 0.944. The number of likely N-dealkylation sites (tertiary alicyclic amines) is 1. The standard InChI is InChI=1S/C23H30N2O3/c1-14-5-4-6-16(15(14)2)20(26)25-12-18-17(11-24-21(27)22(3)9-10-22)19-7-8-23(18,13-25)28-19/h4-6,17-19H,7-13H2,1-3H3,(H,24,27)/t17-,18+,19+,23+/m0/s1. The minimum absolute atomic E-state index is 0.116. The van der Waals surface area contributed by atoms with Crippen molar-refractivity contribution < 1.29 is 14.3 Å². The fourth-order valence-electron chi connectivity index (χ4n) is 5.61. The van der Waals surface area contributed by atoms with Gasteiger partial charge < -0.3 is 15.0 Å². The van der Waals surface area contributed by atoms with E-state index in [9.17, 15) is 9.59 Å². The van der Waals surface area contributed by atoms with Crippen LogP contribution in [0.25, 0.3) is 0 Å². The summed E-state index contributed by atoms with van der Waals surface area (Å²) in [6.45, 7) is 8.21. The van der Waals surface area contributed by atoms with Crippen molar-refractivity contribution in [2.75, 3.05) is 19.6 Å². The molecule has 0 unspecified atom stereocenters. The van der Waals surface area contributed by atoms with Crippen molar-refractivity contribution in [3.05, 3.63) is 34.9 Å². The summed E-state index contributed by atoms with van der Waals surface area (Å²) in [6.07, 6.45) is 4.29. The lowest BCUT2D eigenvalue weighted by atomic mass is 9.73. The number of fused-ring (bicyclic) bond motifs is 1. The lowest BCUT2D eigenvalue weighted by Crippen LogP contribution is -2.43. The number of benzene rings is 1. The van der Waals surface area contributed by atoms with Crippen LogP contribution in [0.15, 0.2) is 18.2 Å². The molecule has 0 radical (unpaired) electrons. The summed E-state index contributed by atoms with van der Waals surface area (Å²) in [5, 5.41) is 3.19. The number of hydrogen-bond acceptors (Lipinski definition) is 3. The number of amides is 2. The van der Waals surface area contributed by atoms with E-state index in [1.165, 1.54) is 0 Å².